The Labute approximate surface area is 183 Å². The van der Waals surface area contributed by atoms with Crippen LogP contribution in [0.25, 0.3) is 33.7 Å². The fourth-order valence-electron chi connectivity index (χ4n) is 3.66. The molecule has 31 heavy (non-hydrogen) atoms. The number of pyridine rings is 1. The van der Waals surface area contributed by atoms with Crippen LogP contribution in [-0.2, 0) is 4.79 Å². The predicted molar refractivity (Wildman–Crippen MR) is 118 cm³/mol. The first-order chi connectivity index (χ1) is 15.2. The lowest BCUT2D eigenvalue weighted by Crippen LogP contribution is -2.49. The zero-order valence-electron chi connectivity index (χ0n) is 16.6. The fourth-order valence-corrected chi connectivity index (χ4v) is 3.83. The van der Waals surface area contributed by atoms with Crippen LogP contribution < -0.4 is 4.90 Å². The summed E-state index contributed by atoms with van der Waals surface area (Å²) in [4.78, 5) is 34.1. The zero-order chi connectivity index (χ0) is 21.2. The summed E-state index contributed by atoms with van der Waals surface area (Å²) in [6, 6.07) is 9.63. The van der Waals surface area contributed by atoms with Crippen LogP contribution in [0.2, 0.25) is 0 Å². The van der Waals surface area contributed by atoms with Crippen LogP contribution in [0.5, 0.6) is 0 Å². The molecule has 5 rings (SSSR count). The number of hydrogen-bond donors (Lipinski definition) is 1. The van der Waals surface area contributed by atoms with Crippen LogP contribution in [0.15, 0.2) is 48.9 Å². The summed E-state index contributed by atoms with van der Waals surface area (Å²) in [5.41, 5.74) is 2.65. The average molecular weight is 435 g/mol. The van der Waals surface area contributed by atoms with E-state index in [2.05, 4.69) is 20.1 Å². The number of aromatic amines is 1. The van der Waals surface area contributed by atoms with Gasteiger partial charge in [0.2, 0.25) is 11.9 Å². The van der Waals surface area contributed by atoms with Crippen molar-refractivity contribution in [3.8, 4) is 22.8 Å². The Kier molecular flexibility index (Phi) is 5.17. The van der Waals surface area contributed by atoms with Gasteiger partial charge in [0.1, 0.15) is 5.88 Å². The van der Waals surface area contributed by atoms with Crippen molar-refractivity contribution in [2.45, 2.75) is 0 Å². The summed E-state index contributed by atoms with van der Waals surface area (Å²) >= 11 is 5.70. The van der Waals surface area contributed by atoms with Gasteiger partial charge in [0.25, 0.3) is 0 Å². The Morgan fingerprint density at radius 1 is 1.00 bits per heavy atom. The monoisotopic (exact) mass is 434 g/mol. The minimum Gasteiger partial charge on any atom is -0.338 e. The first kappa shape index (κ1) is 19.4. The molecule has 4 aromatic rings. The molecule has 1 N–H and O–H groups in total. The van der Waals surface area contributed by atoms with Gasteiger partial charge in [0, 0.05) is 55.1 Å². The molecule has 0 radical (unpaired) electrons. The van der Waals surface area contributed by atoms with Gasteiger partial charge in [-0.1, -0.05) is 12.1 Å². The SMILES string of the molecule is O=C(CCl)N1CCN(c2nc(-c3ccncc3)nc(-c3cccc4[nH]ncc34)n2)CC1. The minimum atomic E-state index is -0.0539. The van der Waals surface area contributed by atoms with Crippen molar-refractivity contribution >= 4 is 34.4 Å². The van der Waals surface area contributed by atoms with E-state index >= 15 is 0 Å². The predicted octanol–water partition coefficient (Wildman–Crippen LogP) is 2.36. The highest BCUT2D eigenvalue weighted by Gasteiger charge is 2.24. The number of alkyl halides is 1. The van der Waals surface area contributed by atoms with E-state index < -0.39 is 0 Å². The van der Waals surface area contributed by atoms with Crippen LogP contribution in [0.1, 0.15) is 0 Å². The highest BCUT2D eigenvalue weighted by atomic mass is 35.5. The van der Waals surface area contributed by atoms with Crippen molar-refractivity contribution in [2.24, 2.45) is 0 Å². The molecule has 10 heteroatoms. The number of carbonyl (C=O) groups is 1. The number of rotatable bonds is 4. The molecule has 1 amide bonds. The molecule has 9 nitrogen and oxygen atoms in total. The van der Waals surface area contributed by atoms with Gasteiger partial charge >= 0.3 is 0 Å². The number of amides is 1. The molecular formula is C21H19ClN8O. The van der Waals surface area contributed by atoms with Gasteiger partial charge in [-0.3, -0.25) is 14.9 Å². The second-order valence-corrected chi connectivity index (χ2v) is 7.42. The lowest BCUT2D eigenvalue weighted by atomic mass is 10.1. The maximum atomic E-state index is 11.9. The fraction of sp³-hybridized carbons (Fsp3) is 0.238. The van der Waals surface area contributed by atoms with Crippen LogP contribution in [0.4, 0.5) is 5.95 Å². The van der Waals surface area contributed by atoms with E-state index in [-0.39, 0.29) is 11.8 Å². The minimum absolute atomic E-state index is 0.00317. The van der Waals surface area contributed by atoms with E-state index in [1.165, 1.54) is 0 Å². The smallest absolute Gasteiger partial charge is 0.237 e. The van der Waals surface area contributed by atoms with Gasteiger partial charge < -0.3 is 9.80 Å². The number of hydrogen-bond acceptors (Lipinski definition) is 7. The summed E-state index contributed by atoms with van der Waals surface area (Å²) in [5, 5.41) is 8.08. The van der Waals surface area contributed by atoms with Crippen LogP contribution in [0.3, 0.4) is 0 Å². The van der Waals surface area contributed by atoms with Crippen LogP contribution in [-0.4, -0.2) is 73.0 Å². The highest BCUT2D eigenvalue weighted by molar-refractivity contribution is 6.27. The van der Waals surface area contributed by atoms with E-state index in [1.54, 1.807) is 23.5 Å². The van der Waals surface area contributed by atoms with Gasteiger partial charge in [-0.15, -0.1) is 11.6 Å². The van der Waals surface area contributed by atoms with Crippen molar-refractivity contribution in [1.82, 2.24) is 35.0 Å². The molecule has 0 unspecified atom stereocenters. The second kappa shape index (κ2) is 8.27. The quantitative estimate of drug-likeness (QED) is 0.491. The largest absolute Gasteiger partial charge is 0.338 e. The molecule has 0 saturated carbocycles. The molecule has 156 valence electrons. The summed E-state index contributed by atoms with van der Waals surface area (Å²) in [5.74, 6) is 1.67. The molecule has 4 heterocycles. The summed E-state index contributed by atoms with van der Waals surface area (Å²) in [6.45, 7) is 2.40. The molecule has 1 aromatic carbocycles. The second-order valence-electron chi connectivity index (χ2n) is 7.16. The number of benzene rings is 1. The Balaban J connectivity index is 1.56. The molecule has 0 bridgehead atoms. The number of nitrogens with one attached hydrogen (secondary N) is 1. The zero-order valence-corrected chi connectivity index (χ0v) is 17.3. The summed E-state index contributed by atoms with van der Waals surface area (Å²) in [6.07, 6.45) is 5.20. The lowest BCUT2D eigenvalue weighted by Gasteiger charge is -2.34. The third-order valence-corrected chi connectivity index (χ3v) is 5.55. The number of piperazine rings is 1. The lowest BCUT2D eigenvalue weighted by molar-refractivity contribution is -0.128. The van der Waals surface area contributed by atoms with Crippen LogP contribution >= 0.6 is 11.6 Å². The maximum Gasteiger partial charge on any atom is 0.237 e. The molecule has 1 aliphatic heterocycles. The van der Waals surface area contributed by atoms with Gasteiger partial charge in [0.05, 0.1) is 11.7 Å². The summed E-state index contributed by atoms with van der Waals surface area (Å²) in [7, 11) is 0. The first-order valence-electron chi connectivity index (χ1n) is 9.90. The van der Waals surface area contributed by atoms with E-state index in [4.69, 9.17) is 26.6 Å². The number of aromatic nitrogens is 6. The Bertz CT molecular complexity index is 1220. The number of fused-ring (bicyclic) bond motifs is 1. The van der Waals surface area contributed by atoms with Crippen molar-refractivity contribution in [3.05, 3.63) is 48.9 Å². The highest BCUT2D eigenvalue weighted by Crippen LogP contribution is 2.28. The molecule has 0 spiro atoms. The molecule has 1 fully saturated rings. The third kappa shape index (κ3) is 3.79. The summed E-state index contributed by atoms with van der Waals surface area (Å²) < 4.78 is 0. The average Bonchev–Trinajstić information content (AvgIpc) is 3.33. The van der Waals surface area contributed by atoms with E-state index in [0.29, 0.717) is 43.8 Å². The Morgan fingerprint density at radius 3 is 2.55 bits per heavy atom. The Hall–Kier alpha value is -3.59. The maximum absolute atomic E-state index is 11.9. The topological polar surface area (TPSA) is 104 Å². The van der Waals surface area contributed by atoms with Crippen molar-refractivity contribution in [3.63, 3.8) is 0 Å². The number of anilines is 1. The van der Waals surface area contributed by atoms with E-state index in [9.17, 15) is 4.79 Å². The van der Waals surface area contributed by atoms with Crippen molar-refractivity contribution < 1.29 is 4.79 Å². The number of H-pyrrole nitrogens is 1. The number of halogens is 1. The number of nitrogens with zero attached hydrogens (tertiary/aromatic N) is 7. The van der Waals surface area contributed by atoms with Gasteiger partial charge in [-0.25, -0.2) is 4.98 Å². The van der Waals surface area contributed by atoms with E-state index in [0.717, 1.165) is 22.0 Å². The normalized spacial score (nSPS) is 14.2. The molecule has 1 aliphatic rings. The standard InChI is InChI=1S/C21H19ClN8O/c22-12-18(31)29-8-10-30(11-9-29)21-26-19(14-4-6-23-7-5-14)25-20(27-21)15-2-1-3-17-16(15)13-24-28-17/h1-7,13H,8-12H2,(H,24,28). The van der Waals surface area contributed by atoms with Crippen molar-refractivity contribution in [2.75, 3.05) is 37.0 Å². The molecule has 0 aliphatic carbocycles. The van der Waals surface area contributed by atoms with Gasteiger partial charge in [0.15, 0.2) is 11.6 Å². The molecule has 3 aromatic heterocycles. The van der Waals surface area contributed by atoms with Crippen LogP contribution in [0, 0.1) is 0 Å². The van der Waals surface area contributed by atoms with Gasteiger partial charge in [-0.2, -0.15) is 15.1 Å². The molecular weight excluding hydrogens is 416 g/mol. The number of carbonyl (C=O) groups excluding carboxylic acids is 1. The molecule has 1 saturated heterocycles. The van der Waals surface area contributed by atoms with Crippen molar-refractivity contribution in [1.29, 1.82) is 0 Å². The van der Waals surface area contributed by atoms with Gasteiger partial charge in [-0.05, 0) is 18.2 Å². The molecule has 0 atom stereocenters. The Morgan fingerprint density at radius 2 is 1.77 bits per heavy atom. The van der Waals surface area contributed by atoms with E-state index in [1.807, 2.05) is 30.3 Å². The first-order valence-corrected chi connectivity index (χ1v) is 10.4. The third-order valence-electron chi connectivity index (χ3n) is 5.32.